The number of fused-ring (bicyclic) bond motifs is 2. The first-order chi connectivity index (χ1) is 16.0. The molecule has 1 amide bonds. The standard InChI is InChI=1S/C25H24ClN6O/c1-3-23(33)31-8-10-32(11-9-31)25-19-13-20(26)18(14-21(19)28-15-30(25)2)24-17-7-5-4-6-16(17)12-22(27)29-24/h3-7,12-15H,1,8-11H2,2H3,(H2,27,29)/q+1. The molecule has 0 aliphatic carbocycles. The lowest BCUT2D eigenvalue weighted by atomic mass is 10.0. The highest BCUT2D eigenvalue weighted by atomic mass is 35.5. The number of rotatable bonds is 3. The summed E-state index contributed by atoms with van der Waals surface area (Å²) < 4.78 is 2.00. The van der Waals surface area contributed by atoms with Crippen LogP contribution < -0.4 is 15.2 Å². The third kappa shape index (κ3) is 3.74. The van der Waals surface area contributed by atoms with Crippen molar-refractivity contribution in [1.29, 1.82) is 0 Å². The van der Waals surface area contributed by atoms with E-state index in [1.165, 1.54) is 6.08 Å². The Morgan fingerprint density at radius 2 is 1.91 bits per heavy atom. The van der Waals surface area contributed by atoms with Gasteiger partial charge in [-0.2, -0.15) is 0 Å². The highest BCUT2D eigenvalue weighted by Crippen LogP contribution is 2.37. The maximum absolute atomic E-state index is 12.0. The van der Waals surface area contributed by atoms with Gasteiger partial charge in [-0.15, -0.1) is 4.98 Å². The lowest BCUT2D eigenvalue weighted by Gasteiger charge is -2.32. The van der Waals surface area contributed by atoms with Gasteiger partial charge in [0.25, 0.3) is 0 Å². The van der Waals surface area contributed by atoms with Crippen molar-refractivity contribution in [2.45, 2.75) is 0 Å². The summed E-state index contributed by atoms with van der Waals surface area (Å²) in [5, 5.41) is 3.53. The van der Waals surface area contributed by atoms with Crippen LogP contribution in [-0.2, 0) is 11.8 Å². The van der Waals surface area contributed by atoms with E-state index in [-0.39, 0.29) is 5.91 Å². The maximum Gasteiger partial charge on any atom is 0.246 e. The molecule has 166 valence electrons. The Kier molecular flexibility index (Phi) is 5.34. The summed E-state index contributed by atoms with van der Waals surface area (Å²) in [7, 11) is 1.97. The quantitative estimate of drug-likeness (QED) is 0.375. The van der Waals surface area contributed by atoms with Crippen molar-refractivity contribution in [2.75, 3.05) is 36.8 Å². The number of carbonyl (C=O) groups is 1. The van der Waals surface area contributed by atoms with E-state index in [9.17, 15) is 4.79 Å². The van der Waals surface area contributed by atoms with Crippen molar-refractivity contribution in [3.05, 3.63) is 66.5 Å². The van der Waals surface area contributed by atoms with Gasteiger partial charge in [0.15, 0.2) is 5.52 Å². The monoisotopic (exact) mass is 459 g/mol. The molecule has 4 aromatic rings. The molecular formula is C25H24ClN6O+. The van der Waals surface area contributed by atoms with Crippen LogP contribution in [0.3, 0.4) is 0 Å². The van der Waals surface area contributed by atoms with Gasteiger partial charge in [0, 0.05) is 10.9 Å². The van der Waals surface area contributed by atoms with Crippen LogP contribution >= 0.6 is 11.6 Å². The van der Waals surface area contributed by atoms with Crippen molar-refractivity contribution in [2.24, 2.45) is 7.05 Å². The van der Waals surface area contributed by atoms with Gasteiger partial charge in [0.1, 0.15) is 5.82 Å². The number of amides is 1. The van der Waals surface area contributed by atoms with E-state index in [0.29, 0.717) is 37.0 Å². The lowest BCUT2D eigenvalue weighted by Crippen LogP contribution is -2.51. The number of benzene rings is 2. The summed E-state index contributed by atoms with van der Waals surface area (Å²) in [6.07, 6.45) is 3.17. The van der Waals surface area contributed by atoms with Gasteiger partial charge in [0.05, 0.1) is 49.3 Å². The van der Waals surface area contributed by atoms with Crippen LogP contribution in [-0.4, -0.2) is 47.0 Å². The number of piperazine rings is 1. The van der Waals surface area contributed by atoms with E-state index in [2.05, 4.69) is 21.4 Å². The molecule has 1 aliphatic heterocycles. The van der Waals surface area contributed by atoms with Gasteiger partial charge in [-0.25, -0.2) is 9.55 Å². The maximum atomic E-state index is 12.0. The van der Waals surface area contributed by atoms with E-state index in [1.807, 2.05) is 65.3 Å². The number of hydrogen-bond donors (Lipinski definition) is 1. The van der Waals surface area contributed by atoms with Crippen LogP contribution in [0.15, 0.2) is 61.4 Å². The van der Waals surface area contributed by atoms with Crippen molar-refractivity contribution in [1.82, 2.24) is 14.9 Å². The largest absolute Gasteiger partial charge is 0.384 e. The molecule has 2 aromatic heterocycles. The van der Waals surface area contributed by atoms with Gasteiger partial charge in [-0.3, -0.25) is 9.69 Å². The summed E-state index contributed by atoms with van der Waals surface area (Å²) in [6.45, 7) is 6.30. The predicted molar refractivity (Wildman–Crippen MR) is 132 cm³/mol. The Morgan fingerprint density at radius 1 is 1.15 bits per heavy atom. The van der Waals surface area contributed by atoms with Crippen molar-refractivity contribution in [3.63, 3.8) is 0 Å². The first kappa shape index (κ1) is 21.2. The number of carbonyl (C=O) groups excluding carboxylic acids is 1. The van der Waals surface area contributed by atoms with E-state index < -0.39 is 0 Å². The molecule has 0 unspecified atom stereocenters. The van der Waals surface area contributed by atoms with Gasteiger partial charge in [-0.1, -0.05) is 42.4 Å². The molecule has 1 aliphatic rings. The SMILES string of the molecule is C=CC(=O)N1CCN(c2c3cc(Cl)c(-c4nc(N)cc5ccccc45)cc3nc[n+]2C)CC1. The molecule has 0 spiro atoms. The Bertz CT molecular complexity index is 1410. The molecule has 33 heavy (non-hydrogen) atoms. The molecule has 0 radical (unpaired) electrons. The number of aryl methyl sites for hydroxylation is 1. The minimum Gasteiger partial charge on any atom is -0.384 e. The zero-order valence-electron chi connectivity index (χ0n) is 18.3. The number of pyridine rings is 1. The van der Waals surface area contributed by atoms with Crippen molar-refractivity contribution < 1.29 is 9.36 Å². The Balaban J connectivity index is 1.61. The molecule has 1 fully saturated rings. The van der Waals surface area contributed by atoms with Gasteiger partial charge in [-0.05, 0) is 29.7 Å². The Hall–Kier alpha value is -3.71. The van der Waals surface area contributed by atoms with Crippen molar-refractivity contribution >= 4 is 50.8 Å². The topological polar surface area (TPSA) is 79.2 Å². The lowest BCUT2D eigenvalue weighted by molar-refractivity contribution is -0.660. The van der Waals surface area contributed by atoms with Crippen LogP contribution in [0.5, 0.6) is 0 Å². The van der Waals surface area contributed by atoms with Gasteiger partial charge < -0.3 is 10.6 Å². The minimum absolute atomic E-state index is 0.0341. The molecule has 5 rings (SSSR count). The van der Waals surface area contributed by atoms with Crippen LogP contribution in [0, 0.1) is 0 Å². The number of nitrogen functional groups attached to an aromatic ring is 1. The molecule has 3 heterocycles. The minimum atomic E-state index is -0.0341. The van der Waals surface area contributed by atoms with Crippen LogP contribution in [0.2, 0.25) is 5.02 Å². The second kappa shape index (κ2) is 8.33. The Morgan fingerprint density at radius 3 is 2.67 bits per heavy atom. The molecule has 0 bridgehead atoms. The van der Waals surface area contributed by atoms with Gasteiger partial charge >= 0.3 is 0 Å². The molecule has 1 saturated heterocycles. The first-order valence-electron chi connectivity index (χ1n) is 10.8. The molecular weight excluding hydrogens is 436 g/mol. The highest BCUT2D eigenvalue weighted by molar-refractivity contribution is 6.34. The number of nitrogens with zero attached hydrogens (tertiary/aromatic N) is 5. The number of hydrogen-bond acceptors (Lipinski definition) is 5. The van der Waals surface area contributed by atoms with Crippen LogP contribution in [0.4, 0.5) is 11.6 Å². The Labute approximate surface area is 196 Å². The molecule has 2 N–H and O–H groups in total. The summed E-state index contributed by atoms with van der Waals surface area (Å²) in [5.41, 5.74) is 8.45. The van der Waals surface area contributed by atoms with E-state index >= 15 is 0 Å². The fourth-order valence-corrected chi connectivity index (χ4v) is 4.76. The second-order valence-corrected chi connectivity index (χ2v) is 8.57. The summed E-state index contributed by atoms with van der Waals surface area (Å²) >= 11 is 6.84. The predicted octanol–water partition coefficient (Wildman–Crippen LogP) is 3.34. The number of halogens is 1. The van der Waals surface area contributed by atoms with Crippen molar-refractivity contribution in [3.8, 4) is 11.3 Å². The fourth-order valence-electron chi connectivity index (χ4n) is 4.51. The highest BCUT2D eigenvalue weighted by Gasteiger charge is 2.28. The molecule has 7 nitrogen and oxygen atoms in total. The second-order valence-electron chi connectivity index (χ2n) is 8.16. The summed E-state index contributed by atoms with van der Waals surface area (Å²) in [6, 6.07) is 13.8. The van der Waals surface area contributed by atoms with Gasteiger partial charge in [0.2, 0.25) is 18.1 Å². The number of anilines is 2. The number of nitrogens with two attached hydrogens (primary N) is 1. The molecule has 0 saturated carbocycles. The van der Waals surface area contributed by atoms with E-state index in [1.54, 1.807) is 0 Å². The van der Waals surface area contributed by atoms with Crippen LogP contribution in [0.25, 0.3) is 32.9 Å². The average Bonchev–Trinajstić information content (AvgIpc) is 2.83. The smallest absolute Gasteiger partial charge is 0.246 e. The third-order valence-electron chi connectivity index (χ3n) is 6.11. The third-order valence-corrected chi connectivity index (χ3v) is 6.42. The molecule has 0 atom stereocenters. The first-order valence-corrected chi connectivity index (χ1v) is 11.1. The van der Waals surface area contributed by atoms with E-state index in [0.717, 1.165) is 38.8 Å². The zero-order valence-corrected chi connectivity index (χ0v) is 19.1. The van der Waals surface area contributed by atoms with Crippen LogP contribution in [0.1, 0.15) is 0 Å². The summed E-state index contributed by atoms with van der Waals surface area (Å²) in [4.78, 5) is 25.3. The molecule has 2 aromatic carbocycles. The average molecular weight is 460 g/mol. The number of aromatic nitrogens is 3. The normalized spacial score (nSPS) is 14.1. The summed E-state index contributed by atoms with van der Waals surface area (Å²) in [5.74, 6) is 1.43. The molecule has 8 heteroatoms. The van der Waals surface area contributed by atoms with E-state index in [4.69, 9.17) is 17.3 Å². The fraction of sp³-hybridized carbons (Fsp3) is 0.200. The zero-order chi connectivity index (χ0) is 23.1.